The van der Waals surface area contributed by atoms with E-state index in [0.29, 0.717) is 4.47 Å². The van der Waals surface area contributed by atoms with Crippen LogP contribution in [0.5, 0.6) is 0 Å². The lowest BCUT2D eigenvalue weighted by Crippen LogP contribution is -2.14. The summed E-state index contributed by atoms with van der Waals surface area (Å²) in [5.41, 5.74) is 0.298. The summed E-state index contributed by atoms with van der Waals surface area (Å²) in [5.74, 6) is 0. The quantitative estimate of drug-likeness (QED) is 0.828. The van der Waals surface area contributed by atoms with Crippen LogP contribution in [0.2, 0.25) is 0 Å². The Morgan fingerprint density at radius 3 is 2.56 bits per heavy atom. The second-order valence-electron chi connectivity index (χ2n) is 3.88. The third-order valence-electron chi connectivity index (χ3n) is 2.76. The van der Waals surface area contributed by atoms with Gasteiger partial charge in [0.1, 0.15) is 0 Å². The van der Waals surface area contributed by atoms with E-state index in [2.05, 4.69) is 21.2 Å². The van der Waals surface area contributed by atoms with Gasteiger partial charge in [0.2, 0.25) is 0 Å². The van der Waals surface area contributed by atoms with Crippen molar-refractivity contribution in [3.63, 3.8) is 0 Å². The first-order valence-electron chi connectivity index (χ1n) is 5.08. The molecule has 0 amide bonds. The lowest BCUT2D eigenvalue weighted by atomic mass is 10.0. The maximum Gasteiger partial charge on any atom is 0.416 e. The zero-order valence-corrected chi connectivity index (χ0v) is 10.0. The maximum absolute atomic E-state index is 12.4. The van der Waals surface area contributed by atoms with Crippen LogP contribution in [0, 0.1) is 0 Å². The Kier molecular flexibility index (Phi) is 3.26. The van der Waals surface area contributed by atoms with Gasteiger partial charge in [0.25, 0.3) is 0 Å². The molecule has 1 aliphatic rings. The molecule has 1 N–H and O–H groups in total. The number of alkyl halides is 3. The first-order chi connectivity index (χ1) is 7.48. The van der Waals surface area contributed by atoms with Gasteiger partial charge in [-0.3, -0.25) is 0 Å². The lowest BCUT2D eigenvalue weighted by molar-refractivity contribution is -0.137. The summed E-state index contributed by atoms with van der Waals surface area (Å²) >= 11 is 3.21. The van der Waals surface area contributed by atoms with Crippen LogP contribution in [0.15, 0.2) is 22.7 Å². The van der Waals surface area contributed by atoms with E-state index >= 15 is 0 Å². The molecule has 0 spiro atoms. The molecule has 88 valence electrons. The normalized spacial score (nSPS) is 21.4. The van der Waals surface area contributed by atoms with Crippen molar-refractivity contribution in [3.8, 4) is 0 Å². The average molecular weight is 294 g/mol. The minimum Gasteiger partial charge on any atom is -0.310 e. The molecule has 1 aromatic rings. The van der Waals surface area contributed by atoms with Crippen molar-refractivity contribution in [2.45, 2.75) is 25.1 Å². The van der Waals surface area contributed by atoms with Crippen LogP contribution < -0.4 is 5.32 Å². The van der Waals surface area contributed by atoms with E-state index in [1.807, 2.05) is 0 Å². The van der Waals surface area contributed by atoms with E-state index in [1.165, 1.54) is 0 Å². The fraction of sp³-hybridized carbons (Fsp3) is 0.455. The van der Waals surface area contributed by atoms with E-state index in [4.69, 9.17) is 0 Å². The third kappa shape index (κ3) is 2.40. The highest BCUT2D eigenvalue weighted by atomic mass is 79.9. The van der Waals surface area contributed by atoms with Crippen molar-refractivity contribution in [2.24, 2.45) is 0 Å². The summed E-state index contributed by atoms with van der Waals surface area (Å²) in [6, 6.07) is 4.02. The maximum atomic E-state index is 12.4. The molecule has 0 radical (unpaired) electrons. The number of benzene rings is 1. The first kappa shape index (κ1) is 11.9. The molecular formula is C11H11BrF3N. The van der Waals surface area contributed by atoms with Gasteiger partial charge in [-0.15, -0.1) is 0 Å². The standard InChI is InChI=1S/C11H11BrF3N/c12-9-6-7(11(13,14)15)3-4-8(9)10-2-1-5-16-10/h3-4,6,10,16H,1-2,5H2. The first-order valence-corrected chi connectivity index (χ1v) is 5.88. The van der Waals surface area contributed by atoms with E-state index < -0.39 is 11.7 Å². The summed E-state index contributed by atoms with van der Waals surface area (Å²) in [4.78, 5) is 0. The van der Waals surface area contributed by atoms with Crippen LogP contribution in [0.3, 0.4) is 0 Å². The molecule has 1 unspecified atom stereocenters. The molecule has 1 atom stereocenters. The number of hydrogen-bond acceptors (Lipinski definition) is 1. The van der Waals surface area contributed by atoms with Gasteiger partial charge in [-0.2, -0.15) is 13.2 Å². The Morgan fingerprint density at radius 2 is 2.06 bits per heavy atom. The zero-order valence-electron chi connectivity index (χ0n) is 8.44. The van der Waals surface area contributed by atoms with Crippen LogP contribution in [0.4, 0.5) is 13.2 Å². The molecule has 1 fully saturated rings. The van der Waals surface area contributed by atoms with Crippen molar-refractivity contribution in [1.29, 1.82) is 0 Å². The average Bonchev–Trinajstić information content (AvgIpc) is 2.69. The highest BCUT2D eigenvalue weighted by Gasteiger charge is 2.31. The molecule has 0 saturated carbocycles. The summed E-state index contributed by atoms with van der Waals surface area (Å²) < 4.78 is 37.9. The minimum atomic E-state index is -4.27. The largest absolute Gasteiger partial charge is 0.416 e. The molecule has 0 aliphatic carbocycles. The third-order valence-corrected chi connectivity index (χ3v) is 3.45. The highest BCUT2D eigenvalue weighted by Crippen LogP contribution is 2.35. The molecule has 1 aromatic carbocycles. The second kappa shape index (κ2) is 4.37. The molecule has 0 aromatic heterocycles. The van der Waals surface area contributed by atoms with Crippen LogP contribution in [0.25, 0.3) is 0 Å². The van der Waals surface area contributed by atoms with E-state index in [9.17, 15) is 13.2 Å². The van der Waals surface area contributed by atoms with Gasteiger partial charge >= 0.3 is 6.18 Å². The highest BCUT2D eigenvalue weighted by molar-refractivity contribution is 9.10. The molecule has 1 nitrogen and oxygen atoms in total. The van der Waals surface area contributed by atoms with Gasteiger partial charge in [-0.1, -0.05) is 22.0 Å². The number of hydrogen-bond donors (Lipinski definition) is 1. The van der Waals surface area contributed by atoms with Crippen molar-refractivity contribution < 1.29 is 13.2 Å². The number of rotatable bonds is 1. The Labute approximate surface area is 100 Å². The monoisotopic (exact) mass is 293 g/mol. The fourth-order valence-corrected chi connectivity index (χ4v) is 2.59. The van der Waals surface area contributed by atoms with E-state index in [1.54, 1.807) is 6.07 Å². The van der Waals surface area contributed by atoms with Crippen molar-refractivity contribution in [2.75, 3.05) is 6.54 Å². The Balaban J connectivity index is 2.29. The van der Waals surface area contributed by atoms with E-state index in [-0.39, 0.29) is 6.04 Å². The summed E-state index contributed by atoms with van der Waals surface area (Å²) in [7, 11) is 0. The molecule has 2 rings (SSSR count). The molecule has 1 heterocycles. The van der Waals surface area contributed by atoms with Gasteiger partial charge in [0.15, 0.2) is 0 Å². The molecule has 1 aliphatic heterocycles. The lowest BCUT2D eigenvalue weighted by Gasteiger charge is -2.15. The number of halogens is 4. The van der Waals surface area contributed by atoms with Gasteiger partial charge < -0.3 is 5.32 Å². The summed E-state index contributed by atoms with van der Waals surface area (Å²) in [6.07, 6.45) is -2.23. The Bertz CT molecular complexity index is 383. The number of nitrogens with one attached hydrogen (secondary N) is 1. The smallest absolute Gasteiger partial charge is 0.310 e. The van der Waals surface area contributed by atoms with Crippen LogP contribution in [-0.4, -0.2) is 6.54 Å². The van der Waals surface area contributed by atoms with Crippen molar-refractivity contribution in [3.05, 3.63) is 33.8 Å². The zero-order chi connectivity index (χ0) is 11.8. The van der Waals surface area contributed by atoms with Crippen LogP contribution in [0.1, 0.15) is 30.0 Å². The van der Waals surface area contributed by atoms with Crippen LogP contribution in [-0.2, 0) is 6.18 Å². The molecule has 16 heavy (non-hydrogen) atoms. The Hall–Kier alpha value is -0.550. The minimum absolute atomic E-state index is 0.177. The van der Waals surface area contributed by atoms with Gasteiger partial charge in [0.05, 0.1) is 5.56 Å². The molecule has 1 saturated heterocycles. The second-order valence-corrected chi connectivity index (χ2v) is 4.74. The SMILES string of the molecule is FC(F)(F)c1ccc(C2CCCN2)c(Br)c1. The van der Waals surface area contributed by atoms with Crippen LogP contribution >= 0.6 is 15.9 Å². The fourth-order valence-electron chi connectivity index (χ4n) is 1.94. The topological polar surface area (TPSA) is 12.0 Å². The van der Waals surface area contributed by atoms with Gasteiger partial charge in [0, 0.05) is 10.5 Å². The Morgan fingerprint density at radius 1 is 1.31 bits per heavy atom. The predicted octanol–water partition coefficient (Wildman–Crippen LogP) is 3.89. The summed E-state index contributed by atoms with van der Waals surface area (Å²) in [6.45, 7) is 0.929. The molecule has 0 bridgehead atoms. The predicted molar refractivity (Wildman–Crippen MR) is 59.1 cm³/mol. The van der Waals surface area contributed by atoms with Crippen molar-refractivity contribution >= 4 is 15.9 Å². The van der Waals surface area contributed by atoms with Gasteiger partial charge in [-0.05, 0) is 37.1 Å². The van der Waals surface area contributed by atoms with Crippen molar-refractivity contribution in [1.82, 2.24) is 5.32 Å². The summed E-state index contributed by atoms with van der Waals surface area (Å²) in [5, 5.41) is 3.26. The molecular weight excluding hydrogens is 283 g/mol. The van der Waals surface area contributed by atoms with E-state index in [0.717, 1.165) is 37.1 Å². The molecule has 5 heteroatoms. The van der Waals surface area contributed by atoms with Gasteiger partial charge in [-0.25, -0.2) is 0 Å².